The third-order valence-corrected chi connectivity index (χ3v) is 2.19. The third kappa shape index (κ3) is 7.47. The minimum atomic E-state index is -0.203. The van der Waals surface area contributed by atoms with E-state index in [4.69, 9.17) is 0 Å². The number of allylic oxidation sites excluding steroid dienone is 2. The van der Waals surface area contributed by atoms with Gasteiger partial charge in [-0.3, -0.25) is 9.59 Å². The second-order valence-corrected chi connectivity index (χ2v) is 4.38. The molecule has 0 bridgehead atoms. The van der Waals surface area contributed by atoms with Crippen LogP contribution in [0.25, 0.3) is 0 Å². The second kappa shape index (κ2) is 7.79. The minimum Gasteiger partial charge on any atom is -0.352 e. The highest BCUT2D eigenvalue weighted by Gasteiger charge is 2.06. The Morgan fingerprint density at radius 2 is 1.88 bits per heavy atom. The quantitative estimate of drug-likeness (QED) is 0.534. The lowest BCUT2D eigenvalue weighted by Crippen LogP contribution is -2.27. The molecule has 0 rings (SSSR count). The number of ketones is 1. The van der Waals surface area contributed by atoms with Gasteiger partial charge in [0.05, 0.1) is 0 Å². The number of carbonyl (C=O) groups is 2. The maximum absolute atomic E-state index is 11.6. The van der Waals surface area contributed by atoms with Gasteiger partial charge in [-0.25, -0.2) is 0 Å². The summed E-state index contributed by atoms with van der Waals surface area (Å²) in [6.45, 7) is 8.32. The number of hydrogen-bond acceptors (Lipinski definition) is 3. The van der Waals surface area contributed by atoms with Crippen molar-refractivity contribution in [3.8, 4) is 0 Å². The Hall–Kier alpha value is -1.42. The topological polar surface area (TPSA) is 49.4 Å². The number of carbonyl (C=O) groups excluding carboxylic acids is 2. The summed E-state index contributed by atoms with van der Waals surface area (Å²) in [6, 6.07) is 0. The van der Waals surface area contributed by atoms with Crippen LogP contribution in [0, 0.1) is 0 Å². The molecule has 0 spiro atoms. The molecule has 96 valence electrons. The number of amides is 1. The first-order chi connectivity index (χ1) is 7.84. The van der Waals surface area contributed by atoms with Crippen LogP contribution in [0.1, 0.15) is 20.3 Å². The summed E-state index contributed by atoms with van der Waals surface area (Å²) >= 11 is 0. The van der Waals surface area contributed by atoms with Crippen LogP contribution < -0.4 is 5.32 Å². The summed E-state index contributed by atoms with van der Waals surface area (Å²) < 4.78 is 0. The molecule has 4 nitrogen and oxygen atoms in total. The number of nitrogens with zero attached hydrogens (tertiary/aromatic N) is 1. The van der Waals surface area contributed by atoms with Gasteiger partial charge in [0.25, 0.3) is 0 Å². The summed E-state index contributed by atoms with van der Waals surface area (Å²) in [6.07, 6.45) is 2.21. The van der Waals surface area contributed by atoms with Gasteiger partial charge in [0.15, 0.2) is 5.78 Å². The van der Waals surface area contributed by atoms with E-state index in [1.165, 1.54) is 6.08 Å². The molecular weight excluding hydrogens is 216 g/mol. The molecule has 0 atom stereocenters. The van der Waals surface area contributed by atoms with Gasteiger partial charge in [-0.15, -0.1) is 0 Å². The van der Waals surface area contributed by atoms with E-state index in [0.717, 1.165) is 13.0 Å². The van der Waals surface area contributed by atoms with Crippen LogP contribution in [0.4, 0.5) is 0 Å². The Morgan fingerprint density at radius 3 is 2.35 bits per heavy atom. The summed E-state index contributed by atoms with van der Waals surface area (Å²) in [4.78, 5) is 24.9. The van der Waals surface area contributed by atoms with Gasteiger partial charge >= 0.3 is 0 Å². The van der Waals surface area contributed by atoms with Crippen molar-refractivity contribution >= 4 is 11.7 Å². The standard InChI is InChI=1S/C13H22N2O2/c1-10(2)12(16)9-11(3)13(17)14-7-6-8-15(4)5/h9H,1,6-8H2,2-5H3,(H,14,17). The van der Waals surface area contributed by atoms with E-state index in [0.29, 0.717) is 17.7 Å². The van der Waals surface area contributed by atoms with Crippen molar-refractivity contribution < 1.29 is 9.59 Å². The predicted octanol–water partition coefficient (Wildman–Crippen LogP) is 1.15. The van der Waals surface area contributed by atoms with E-state index in [2.05, 4.69) is 16.8 Å². The Kier molecular flexibility index (Phi) is 7.14. The van der Waals surface area contributed by atoms with Gasteiger partial charge in [0.1, 0.15) is 0 Å². The predicted molar refractivity (Wildman–Crippen MR) is 69.8 cm³/mol. The molecule has 0 heterocycles. The Morgan fingerprint density at radius 1 is 1.29 bits per heavy atom. The van der Waals surface area contributed by atoms with E-state index in [1.807, 2.05) is 14.1 Å². The van der Waals surface area contributed by atoms with Gasteiger partial charge < -0.3 is 10.2 Å². The van der Waals surface area contributed by atoms with Crippen molar-refractivity contribution in [1.82, 2.24) is 10.2 Å². The monoisotopic (exact) mass is 238 g/mol. The maximum Gasteiger partial charge on any atom is 0.247 e. The molecule has 4 heteroatoms. The summed E-state index contributed by atoms with van der Waals surface area (Å²) in [7, 11) is 3.97. The lowest BCUT2D eigenvalue weighted by Gasteiger charge is -2.09. The second-order valence-electron chi connectivity index (χ2n) is 4.38. The first kappa shape index (κ1) is 15.6. The molecule has 0 aliphatic carbocycles. The van der Waals surface area contributed by atoms with Crippen LogP contribution >= 0.6 is 0 Å². The average molecular weight is 238 g/mol. The highest BCUT2D eigenvalue weighted by atomic mass is 16.2. The molecule has 0 aromatic rings. The van der Waals surface area contributed by atoms with Crippen LogP contribution in [-0.4, -0.2) is 43.8 Å². The van der Waals surface area contributed by atoms with Crippen molar-refractivity contribution in [1.29, 1.82) is 0 Å². The largest absolute Gasteiger partial charge is 0.352 e. The third-order valence-electron chi connectivity index (χ3n) is 2.19. The summed E-state index contributed by atoms with van der Waals surface area (Å²) in [5.41, 5.74) is 0.854. The molecule has 0 radical (unpaired) electrons. The lowest BCUT2D eigenvalue weighted by atomic mass is 10.1. The average Bonchev–Trinajstić information content (AvgIpc) is 2.23. The van der Waals surface area contributed by atoms with Crippen LogP contribution in [-0.2, 0) is 9.59 Å². The molecule has 0 aliphatic heterocycles. The Labute approximate surface area is 103 Å². The molecule has 0 saturated carbocycles. The van der Waals surface area contributed by atoms with Crippen LogP contribution in [0.2, 0.25) is 0 Å². The molecular formula is C13H22N2O2. The van der Waals surface area contributed by atoms with Crippen LogP contribution in [0.15, 0.2) is 23.8 Å². The zero-order chi connectivity index (χ0) is 13.4. The molecule has 0 aliphatic rings. The first-order valence-corrected chi connectivity index (χ1v) is 5.65. The normalized spacial score (nSPS) is 11.5. The van der Waals surface area contributed by atoms with Crippen molar-refractivity contribution in [2.24, 2.45) is 0 Å². The smallest absolute Gasteiger partial charge is 0.247 e. The van der Waals surface area contributed by atoms with E-state index >= 15 is 0 Å². The number of rotatable bonds is 7. The van der Waals surface area contributed by atoms with Gasteiger partial charge in [-0.05, 0) is 52.6 Å². The number of nitrogens with one attached hydrogen (secondary N) is 1. The van der Waals surface area contributed by atoms with Crippen molar-refractivity contribution in [3.63, 3.8) is 0 Å². The van der Waals surface area contributed by atoms with Gasteiger partial charge in [0, 0.05) is 12.1 Å². The zero-order valence-corrected chi connectivity index (χ0v) is 11.2. The van der Waals surface area contributed by atoms with Gasteiger partial charge in [-0.1, -0.05) is 6.58 Å². The van der Waals surface area contributed by atoms with Gasteiger partial charge in [-0.2, -0.15) is 0 Å². The van der Waals surface area contributed by atoms with Gasteiger partial charge in [0.2, 0.25) is 5.91 Å². The molecule has 0 aromatic heterocycles. The molecule has 0 aromatic carbocycles. The highest BCUT2D eigenvalue weighted by molar-refractivity contribution is 6.08. The van der Waals surface area contributed by atoms with Crippen molar-refractivity contribution in [2.45, 2.75) is 20.3 Å². The van der Waals surface area contributed by atoms with E-state index in [-0.39, 0.29) is 11.7 Å². The zero-order valence-electron chi connectivity index (χ0n) is 11.2. The fourth-order valence-electron chi connectivity index (χ4n) is 1.12. The molecule has 17 heavy (non-hydrogen) atoms. The summed E-state index contributed by atoms with van der Waals surface area (Å²) in [5, 5.41) is 2.77. The fourth-order valence-corrected chi connectivity index (χ4v) is 1.12. The lowest BCUT2D eigenvalue weighted by molar-refractivity contribution is -0.118. The van der Waals surface area contributed by atoms with Crippen LogP contribution in [0.3, 0.4) is 0 Å². The Balaban J connectivity index is 4.06. The van der Waals surface area contributed by atoms with E-state index in [1.54, 1.807) is 13.8 Å². The van der Waals surface area contributed by atoms with Crippen molar-refractivity contribution in [3.05, 3.63) is 23.8 Å². The van der Waals surface area contributed by atoms with Crippen molar-refractivity contribution in [2.75, 3.05) is 27.2 Å². The summed E-state index contributed by atoms with van der Waals surface area (Å²) in [5.74, 6) is -0.399. The molecule has 1 amide bonds. The fraction of sp³-hybridized carbons (Fsp3) is 0.538. The number of hydrogen-bond donors (Lipinski definition) is 1. The van der Waals surface area contributed by atoms with Crippen LogP contribution in [0.5, 0.6) is 0 Å². The highest BCUT2D eigenvalue weighted by Crippen LogP contribution is 1.98. The molecule has 0 unspecified atom stereocenters. The maximum atomic E-state index is 11.6. The SMILES string of the molecule is C=C(C)C(=O)C=C(C)C(=O)NCCCN(C)C. The van der Waals surface area contributed by atoms with E-state index in [9.17, 15) is 9.59 Å². The molecule has 0 fully saturated rings. The molecule has 0 saturated heterocycles. The van der Waals surface area contributed by atoms with E-state index < -0.39 is 0 Å². The molecule has 1 N–H and O–H groups in total. The first-order valence-electron chi connectivity index (χ1n) is 5.65. The Bertz CT molecular complexity index is 330. The minimum absolute atomic E-state index is 0.196.